The van der Waals surface area contributed by atoms with Crippen LogP contribution in [0.2, 0.25) is 0 Å². The van der Waals surface area contributed by atoms with E-state index in [9.17, 15) is 0 Å². The summed E-state index contributed by atoms with van der Waals surface area (Å²) in [5, 5.41) is 0. The standard InChI is InChI=1S/C14H30N4S.HI/c1-17(2)9-7-5-3-4-6-8-16-14(15)18-10-12-19-13-11-18;/h3-13H2,1-2H3,(H2,15,16);1H. The van der Waals surface area contributed by atoms with Crippen molar-refractivity contribution in [2.75, 3.05) is 51.8 Å². The van der Waals surface area contributed by atoms with Crippen LogP contribution in [0.4, 0.5) is 0 Å². The molecule has 0 amide bonds. The van der Waals surface area contributed by atoms with E-state index in [1.54, 1.807) is 0 Å². The Morgan fingerprint density at radius 3 is 2.35 bits per heavy atom. The molecule has 4 nitrogen and oxygen atoms in total. The number of hydrogen-bond acceptors (Lipinski definition) is 3. The van der Waals surface area contributed by atoms with Gasteiger partial charge in [-0.15, -0.1) is 24.0 Å². The van der Waals surface area contributed by atoms with Crippen LogP contribution in [-0.4, -0.2) is 67.5 Å². The molecule has 6 heteroatoms. The topological polar surface area (TPSA) is 44.9 Å². The van der Waals surface area contributed by atoms with Crippen molar-refractivity contribution in [2.24, 2.45) is 10.7 Å². The largest absolute Gasteiger partial charge is 0.370 e. The summed E-state index contributed by atoms with van der Waals surface area (Å²) in [4.78, 5) is 8.96. The predicted octanol–water partition coefficient (Wildman–Crippen LogP) is 2.48. The highest BCUT2D eigenvalue weighted by molar-refractivity contribution is 14.0. The van der Waals surface area contributed by atoms with E-state index in [1.807, 2.05) is 11.8 Å². The molecule has 1 fully saturated rings. The van der Waals surface area contributed by atoms with Gasteiger partial charge in [0.1, 0.15) is 0 Å². The van der Waals surface area contributed by atoms with Gasteiger partial charge in [-0.05, 0) is 33.5 Å². The van der Waals surface area contributed by atoms with Crippen molar-refractivity contribution in [3.8, 4) is 0 Å². The third-order valence-electron chi connectivity index (χ3n) is 3.37. The van der Waals surface area contributed by atoms with Crippen LogP contribution in [0.3, 0.4) is 0 Å². The van der Waals surface area contributed by atoms with Crippen LogP contribution in [-0.2, 0) is 0 Å². The van der Waals surface area contributed by atoms with E-state index >= 15 is 0 Å². The number of nitrogens with zero attached hydrogens (tertiary/aromatic N) is 3. The maximum absolute atomic E-state index is 6.01. The summed E-state index contributed by atoms with van der Waals surface area (Å²) in [6, 6.07) is 0. The summed E-state index contributed by atoms with van der Waals surface area (Å²) in [6.07, 6.45) is 6.42. The van der Waals surface area contributed by atoms with Crippen LogP contribution in [0.25, 0.3) is 0 Å². The van der Waals surface area contributed by atoms with Crippen molar-refractivity contribution < 1.29 is 0 Å². The van der Waals surface area contributed by atoms with Crippen molar-refractivity contribution >= 4 is 41.7 Å². The Balaban J connectivity index is 0.00000361. The lowest BCUT2D eigenvalue weighted by Gasteiger charge is -2.27. The van der Waals surface area contributed by atoms with Gasteiger partial charge in [0, 0.05) is 31.1 Å². The van der Waals surface area contributed by atoms with Gasteiger partial charge in [0.2, 0.25) is 0 Å². The molecule has 0 saturated carbocycles. The van der Waals surface area contributed by atoms with E-state index in [0.29, 0.717) is 0 Å². The third kappa shape index (κ3) is 10.1. The minimum absolute atomic E-state index is 0. The van der Waals surface area contributed by atoms with Crippen LogP contribution < -0.4 is 5.73 Å². The first-order chi connectivity index (χ1) is 9.20. The summed E-state index contributed by atoms with van der Waals surface area (Å²) in [6.45, 7) is 4.22. The van der Waals surface area contributed by atoms with Gasteiger partial charge in [0.25, 0.3) is 0 Å². The summed E-state index contributed by atoms with van der Waals surface area (Å²) in [5.41, 5.74) is 6.01. The first-order valence-corrected chi connectivity index (χ1v) is 8.63. The molecule has 1 aliphatic heterocycles. The Hall–Kier alpha value is 0.310. The molecule has 0 unspecified atom stereocenters. The highest BCUT2D eigenvalue weighted by Crippen LogP contribution is 2.09. The zero-order valence-corrected chi connectivity index (χ0v) is 16.2. The fourth-order valence-corrected chi connectivity index (χ4v) is 3.06. The van der Waals surface area contributed by atoms with Gasteiger partial charge in [-0.1, -0.05) is 19.3 Å². The average molecular weight is 414 g/mol. The van der Waals surface area contributed by atoms with Gasteiger partial charge in [-0.2, -0.15) is 11.8 Å². The van der Waals surface area contributed by atoms with Gasteiger partial charge < -0.3 is 15.5 Å². The van der Waals surface area contributed by atoms with E-state index in [2.05, 4.69) is 28.9 Å². The van der Waals surface area contributed by atoms with Gasteiger partial charge in [-0.25, -0.2) is 0 Å². The van der Waals surface area contributed by atoms with Gasteiger partial charge in [0.05, 0.1) is 0 Å². The number of rotatable bonds is 8. The van der Waals surface area contributed by atoms with Gasteiger partial charge in [-0.3, -0.25) is 4.99 Å². The van der Waals surface area contributed by atoms with Crippen molar-refractivity contribution in [2.45, 2.75) is 32.1 Å². The number of halogens is 1. The van der Waals surface area contributed by atoms with E-state index < -0.39 is 0 Å². The molecule has 2 N–H and O–H groups in total. The number of guanidine groups is 1. The molecule has 0 atom stereocenters. The number of thioether (sulfide) groups is 1. The lowest BCUT2D eigenvalue weighted by molar-refractivity contribution is 0.390. The van der Waals surface area contributed by atoms with Crippen molar-refractivity contribution in [1.82, 2.24) is 9.80 Å². The summed E-state index contributed by atoms with van der Waals surface area (Å²) < 4.78 is 0. The molecular weight excluding hydrogens is 383 g/mol. The first kappa shape index (κ1) is 20.3. The molecule has 0 bridgehead atoms. The molecule has 0 aromatic carbocycles. The third-order valence-corrected chi connectivity index (χ3v) is 4.31. The maximum atomic E-state index is 6.01. The number of hydrogen-bond donors (Lipinski definition) is 1. The SMILES string of the molecule is CN(C)CCCCCCCN=C(N)N1CCSCC1.I. The smallest absolute Gasteiger partial charge is 0.191 e. The molecule has 1 aliphatic rings. The van der Waals surface area contributed by atoms with Gasteiger partial charge >= 0.3 is 0 Å². The fourth-order valence-electron chi connectivity index (χ4n) is 2.16. The second kappa shape index (κ2) is 13.0. The Kier molecular flexibility index (Phi) is 13.2. The van der Waals surface area contributed by atoms with E-state index in [1.165, 1.54) is 50.2 Å². The number of aliphatic imine (C=N–C) groups is 1. The normalized spacial score (nSPS) is 16.4. The molecule has 0 aromatic heterocycles. The van der Waals surface area contributed by atoms with Crippen molar-refractivity contribution in [1.29, 1.82) is 0 Å². The molecule has 20 heavy (non-hydrogen) atoms. The zero-order chi connectivity index (χ0) is 13.9. The molecule has 0 aliphatic carbocycles. The lowest BCUT2D eigenvalue weighted by atomic mass is 10.1. The maximum Gasteiger partial charge on any atom is 0.191 e. The van der Waals surface area contributed by atoms with Crippen LogP contribution in [0.1, 0.15) is 32.1 Å². The molecular formula is C14H31IN4S. The van der Waals surface area contributed by atoms with E-state index in [0.717, 1.165) is 25.6 Å². The predicted molar refractivity (Wildman–Crippen MR) is 102 cm³/mol. The first-order valence-electron chi connectivity index (χ1n) is 7.47. The molecule has 120 valence electrons. The van der Waals surface area contributed by atoms with E-state index in [-0.39, 0.29) is 24.0 Å². The monoisotopic (exact) mass is 414 g/mol. The summed E-state index contributed by atoms with van der Waals surface area (Å²) >= 11 is 2.00. The molecule has 0 spiro atoms. The van der Waals surface area contributed by atoms with Crippen LogP contribution >= 0.6 is 35.7 Å². The van der Waals surface area contributed by atoms with Crippen LogP contribution in [0.5, 0.6) is 0 Å². The Labute approximate surface area is 145 Å². The van der Waals surface area contributed by atoms with Crippen LogP contribution in [0.15, 0.2) is 4.99 Å². The second-order valence-electron chi connectivity index (χ2n) is 5.41. The van der Waals surface area contributed by atoms with Crippen molar-refractivity contribution in [3.63, 3.8) is 0 Å². The zero-order valence-electron chi connectivity index (χ0n) is 13.0. The number of nitrogens with two attached hydrogens (primary N) is 1. The average Bonchev–Trinajstić information content (AvgIpc) is 2.42. The van der Waals surface area contributed by atoms with E-state index in [4.69, 9.17) is 5.73 Å². The highest BCUT2D eigenvalue weighted by atomic mass is 127. The molecule has 1 saturated heterocycles. The van der Waals surface area contributed by atoms with Crippen molar-refractivity contribution in [3.05, 3.63) is 0 Å². The Morgan fingerprint density at radius 1 is 1.10 bits per heavy atom. The van der Waals surface area contributed by atoms with Gasteiger partial charge in [0.15, 0.2) is 5.96 Å². The molecule has 0 radical (unpaired) electrons. The second-order valence-corrected chi connectivity index (χ2v) is 6.64. The lowest BCUT2D eigenvalue weighted by Crippen LogP contribution is -2.42. The quantitative estimate of drug-likeness (QED) is 0.287. The molecule has 1 rings (SSSR count). The molecule has 1 heterocycles. The summed E-state index contributed by atoms with van der Waals surface area (Å²) in [5.74, 6) is 3.12. The number of unbranched alkanes of at least 4 members (excludes halogenated alkanes) is 4. The highest BCUT2D eigenvalue weighted by Gasteiger charge is 2.11. The van der Waals surface area contributed by atoms with Crippen LogP contribution in [0, 0.1) is 0 Å². The summed E-state index contributed by atoms with van der Waals surface area (Å²) in [7, 11) is 4.27. The molecule has 0 aromatic rings. The minimum atomic E-state index is 0. The minimum Gasteiger partial charge on any atom is -0.370 e. The fraction of sp³-hybridized carbons (Fsp3) is 0.929. The Morgan fingerprint density at radius 2 is 1.70 bits per heavy atom. The Bertz CT molecular complexity index is 256.